The first-order chi connectivity index (χ1) is 7.58. The Labute approximate surface area is 104 Å². The maximum atomic E-state index is 12.1. The Kier molecular flexibility index (Phi) is 4.55. The minimum absolute atomic E-state index is 0.0320. The molecule has 1 rings (SSSR count). The van der Waals surface area contributed by atoms with Gasteiger partial charge in [-0.05, 0) is 25.1 Å². The number of nitrogen functional groups attached to an aromatic ring is 1. The highest BCUT2D eigenvalue weighted by molar-refractivity contribution is 9.10. The molecule has 4 heteroatoms. The van der Waals surface area contributed by atoms with E-state index in [0.717, 1.165) is 4.47 Å². The van der Waals surface area contributed by atoms with E-state index in [0.29, 0.717) is 24.3 Å². The average molecular weight is 283 g/mol. The number of nitrogens with two attached hydrogens (primary N) is 1. The summed E-state index contributed by atoms with van der Waals surface area (Å²) in [5.41, 5.74) is 6.86. The lowest BCUT2D eigenvalue weighted by Gasteiger charge is -2.19. The molecule has 3 nitrogen and oxygen atoms in total. The van der Waals surface area contributed by atoms with Gasteiger partial charge >= 0.3 is 0 Å². The molecular weight excluding hydrogens is 268 g/mol. The average Bonchev–Trinajstić information content (AvgIpc) is 2.23. The number of hydrogen-bond donors (Lipinski definition) is 1. The molecule has 0 spiro atoms. The highest BCUT2D eigenvalue weighted by Gasteiger charge is 2.13. The van der Waals surface area contributed by atoms with Gasteiger partial charge < -0.3 is 10.6 Å². The summed E-state index contributed by atoms with van der Waals surface area (Å²) in [5, 5.41) is 0. The van der Waals surface area contributed by atoms with Crippen LogP contribution in [-0.4, -0.2) is 23.9 Å². The van der Waals surface area contributed by atoms with Crippen molar-refractivity contribution >= 4 is 27.5 Å². The van der Waals surface area contributed by atoms with Gasteiger partial charge in [-0.15, -0.1) is 6.58 Å². The molecule has 0 bridgehead atoms. The SMILES string of the molecule is C=CCN(CC)C(=O)c1cc(N)cc(Br)c1. The zero-order chi connectivity index (χ0) is 12.1. The van der Waals surface area contributed by atoms with E-state index in [1.54, 1.807) is 29.2 Å². The quantitative estimate of drug-likeness (QED) is 0.682. The molecule has 0 atom stereocenters. The van der Waals surface area contributed by atoms with E-state index in [9.17, 15) is 4.79 Å². The molecule has 0 aliphatic carbocycles. The molecule has 0 heterocycles. The number of likely N-dealkylation sites (N-methyl/N-ethyl adjacent to an activating group) is 1. The predicted octanol–water partition coefficient (Wildman–Crippen LogP) is 2.68. The monoisotopic (exact) mass is 282 g/mol. The second kappa shape index (κ2) is 5.70. The summed E-state index contributed by atoms with van der Waals surface area (Å²) in [6, 6.07) is 5.21. The van der Waals surface area contributed by atoms with Gasteiger partial charge in [-0.2, -0.15) is 0 Å². The molecule has 1 aromatic rings. The number of carbonyl (C=O) groups is 1. The normalized spacial score (nSPS) is 9.88. The summed E-state index contributed by atoms with van der Waals surface area (Å²) < 4.78 is 0.811. The molecule has 86 valence electrons. The van der Waals surface area contributed by atoms with Gasteiger partial charge in [0, 0.05) is 28.8 Å². The molecule has 16 heavy (non-hydrogen) atoms. The smallest absolute Gasteiger partial charge is 0.254 e. The third kappa shape index (κ3) is 3.10. The molecule has 0 fully saturated rings. The number of amides is 1. The van der Waals surface area contributed by atoms with Crippen LogP contribution in [0.5, 0.6) is 0 Å². The van der Waals surface area contributed by atoms with Crippen molar-refractivity contribution in [3.63, 3.8) is 0 Å². The van der Waals surface area contributed by atoms with Crippen molar-refractivity contribution in [2.45, 2.75) is 6.92 Å². The second-order valence-corrected chi connectivity index (χ2v) is 4.32. The van der Waals surface area contributed by atoms with E-state index in [1.165, 1.54) is 0 Å². The molecule has 0 radical (unpaired) electrons. The first-order valence-electron chi connectivity index (χ1n) is 5.04. The van der Waals surface area contributed by atoms with Crippen LogP contribution in [0.15, 0.2) is 35.3 Å². The van der Waals surface area contributed by atoms with Crippen LogP contribution >= 0.6 is 15.9 Å². The fourth-order valence-corrected chi connectivity index (χ4v) is 1.94. The summed E-state index contributed by atoms with van der Waals surface area (Å²) >= 11 is 3.32. The van der Waals surface area contributed by atoms with E-state index >= 15 is 0 Å². The summed E-state index contributed by atoms with van der Waals surface area (Å²) in [4.78, 5) is 13.8. The lowest BCUT2D eigenvalue weighted by Crippen LogP contribution is -2.30. The zero-order valence-electron chi connectivity index (χ0n) is 9.24. The van der Waals surface area contributed by atoms with Crippen molar-refractivity contribution in [3.05, 3.63) is 40.9 Å². The molecule has 2 N–H and O–H groups in total. The standard InChI is InChI=1S/C12H15BrN2O/c1-3-5-15(4-2)12(16)9-6-10(13)8-11(14)7-9/h3,6-8H,1,4-5,14H2,2H3. The Balaban J connectivity index is 2.98. The van der Waals surface area contributed by atoms with Crippen LogP contribution in [0, 0.1) is 0 Å². The number of carbonyl (C=O) groups excluding carboxylic acids is 1. The highest BCUT2D eigenvalue weighted by atomic mass is 79.9. The first-order valence-corrected chi connectivity index (χ1v) is 5.84. The molecule has 0 aromatic heterocycles. The number of benzene rings is 1. The molecular formula is C12H15BrN2O. The molecule has 1 aromatic carbocycles. The number of halogens is 1. The fourth-order valence-electron chi connectivity index (χ4n) is 1.43. The molecule has 0 aliphatic heterocycles. The number of rotatable bonds is 4. The van der Waals surface area contributed by atoms with Crippen molar-refractivity contribution in [2.75, 3.05) is 18.8 Å². The lowest BCUT2D eigenvalue weighted by atomic mass is 10.2. The Hall–Kier alpha value is -1.29. The van der Waals surface area contributed by atoms with Gasteiger partial charge in [0.15, 0.2) is 0 Å². The molecule has 0 saturated heterocycles. The van der Waals surface area contributed by atoms with E-state index in [1.807, 2.05) is 6.92 Å². The van der Waals surface area contributed by atoms with E-state index in [-0.39, 0.29) is 5.91 Å². The molecule has 0 unspecified atom stereocenters. The van der Waals surface area contributed by atoms with Crippen molar-refractivity contribution in [1.29, 1.82) is 0 Å². The van der Waals surface area contributed by atoms with E-state index in [2.05, 4.69) is 22.5 Å². The van der Waals surface area contributed by atoms with Crippen LogP contribution in [0.25, 0.3) is 0 Å². The number of hydrogen-bond acceptors (Lipinski definition) is 2. The van der Waals surface area contributed by atoms with Crippen LogP contribution in [-0.2, 0) is 0 Å². The summed E-state index contributed by atoms with van der Waals surface area (Å²) in [5.74, 6) is -0.0320. The van der Waals surface area contributed by atoms with Crippen molar-refractivity contribution in [2.24, 2.45) is 0 Å². The second-order valence-electron chi connectivity index (χ2n) is 3.41. The Morgan fingerprint density at radius 1 is 1.56 bits per heavy atom. The maximum absolute atomic E-state index is 12.1. The van der Waals surface area contributed by atoms with Gasteiger partial charge in [0.1, 0.15) is 0 Å². The van der Waals surface area contributed by atoms with E-state index < -0.39 is 0 Å². The Bertz CT molecular complexity index is 384. The summed E-state index contributed by atoms with van der Waals surface area (Å²) in [6.45, 7) is 6.76. The molecule has 0 saturated carbocycles. The molecule has 0 aliphatic rings. The topological polar surface area (TPSA) is 46.3 Å². The van der Waals surface area contributed by atoms with Gasteiger partial charge in [-0.25, -0.2) is 0 Å². The lowest BCUT2D eigenvalue weighted by molar-refractivity contribution is 0.0782. The third-order valence-corrected chi connectivity index (χ3v) is 2.64. The van der Waals surface area contributed by atoms with Crippen LogP contribution in [0.3, 0.4) is 0 Å². The van der Waals surface area contributed by atoms with Gasteiger partial charge in [0.25, 0.3) is 5.91 Å². The zero-order valence-corrected chi connectivity index (χ0v) is 10.8. The Morgan fingerprint density at radius 3 is 2.75 bits per heavy atom. The summed E-state index contributed by atoms with van der Waals surface area (Å²) in [6.07, 6.45) is 1.71. The van der Waals surface area contributed by atoms with Crippen LogP contribution < -0.4 is 5.73 Å². The minimum atomic E-state index is -0.0320. The van der Waals surface area contributed by atoms with E-state index in [4.69, 9.17) is 5.73 Å². The van der Waals surface area contributed by atoms with Crippen molar-refractivity contribution in [1.82, 2.24) is 4.90 Å². The van der Waals surface area contributed by atoms with Gasteiger partial charge in [0.2, 0.25) is 0 Å². The maximum Gasteiger partial charge on any atom is 0.254 e. The van der Waals surface area contributed by atoms with Gasteiger partial charge in [0.05, 0.1) is 0 Å². The minimum Gasteiger partial charge on any atom is -0.399 e. The Morgan fingerprint density at radius 2 is 2.25 bits per heavy atom. The molecule has 1 amide bonds. The largest absolute Gasteiger partial charge is 0.399 e. The summed E-state index contributed by atoms with van der Waals surface area (Å²) in [7, 11) is 0. The number of anilines is 1. The van der Waals surface area contributed by atoms with Crippen LogP contribution in [0.4, 0.5) is 5.69 Å². The van der Waals surface area contributed by atoms with Gasteiger partial charge in [-0.3, -0.25) is 4.79 Å². The van der Waals surface area contributed by atoms with Crippen molar-refractivity contribution < 1.29 is 4.79 Å². The predicted molar refractivity (Wildman–Crippen MR) is 70.3 cm³/mol. The number of nitrogens with zero attached hydrogens (tertiary/aromatic N) is 1. The third-order valence-electron chi connectivity index (χ3n) is 2.19. The fraction of sp³-hybridized carbons (Fsp3) is 0.250. The van der Waals surface area contributed by atoms with Crippen molar-refractivity contribution in [3.8, 4) is 0 Å². The van der Waals surface area contributed by atoms with Gasteiger partial charge in [-0.1, -0.05) is 22.0 Å². The first kappa shape index (κ1) is 12.8. The van der Waals surface area contributed by atoms with Crippen LogP contribution in [0.1, 0.15) is 17.3 Å². The van der Waals surface area contributed by atoms with Crippen LogP contribution in [0.2, 0.25) is 0 Å². The highest BCUT2D eigenvalue weighted by Crippen LogP contribution is 2.18.